The summed E-state index contributed by atoms with van der Waals surface area (Å²) in [4.78, 5) is 44.5. The molecule has 1 atom stereocenters. The fraction of sp³-hybridized carbons (Fsp3) is 0.250. The molecule has 0 bridgehead atoms. The summed E-state index contributed by atoms with van der Waals surface area (Å²) in [5, 5.41) is 15.1. The minimum atomic E-state index is -0.829. The monoisotopic (exact) mass is 292 g/mol. The van der Waals surface area contributed by atoms with Crippen LogP contribution in [0.1, 0.15) is 23.2 Å². The molecule has 2 rings (SSSR count). The number of rotatable bonds is 3. The number of nitro benzene ring substituents is 1. The van der Waals surface area contributed by atoms with Gasteiger partial charge in [0.05, 0.1) is 16.2 Å². The van der Waals surface area contributed by atoms with Gasteiger partial charge in [0.1, 0.15) is 6.04 Å². The molecule has 9 nitrogen and oxygen atoms in total. The molecule has 0 aliphatic carbocycles. The Morgan fingerprint density at radius 2 is 2.14 bits per heavy atom. The molecule has 1 aromatic rings. The second kappa shape index (κ2) is 5.57. The lowest BCUT2D eigenvalue weighted by Gasteiger charge is -2.22. The average Bonchev–Trinajstić information content (AvgIpc) is 2.41. The van der Waals surface area contributed by atoms with Gasteiger partial charge in [0.2, 0.25) is 11.8 Å². The molecule has 3 amide bonds. The van der Waals surface area contributed by atoms with Gasteiger partial charge in [-0.25, -0.2) is 0 Å². The van der Waals surface area contributed by atoms with E-state index >= 15 is 0 Å². The molecule has 0 aromatic heterocycles. The number of hydrogen-bond donors (Lipinski definition) is 3. The number of nitrogens with two attached hydrogens (primary N) is 1. The van der Waals surface area contributed by atoms with E-state index in [1.807, 2.05) is 0 Å². The number of amides is 3. The predicted molar refractivity (Wildman–Crippen MR) is 71.1 cm³/mol. The van der Waals surface area contributed by atoms with E-state index in [2.05, 4.69) is 10.6 Å². The smallest absolute Gasteiger partial charge is 0.271 e. The summed E-state index contributed by atoms with van der Waals surface area (Å²) >= 11 is 0. The summed E-state index contributed by atoms with van der Waals surface area (Å²) < 4.78 is 0. The Balaban J connectivity index is 2.12. The van der Waals surface area contributed by atoms with Gasteiger partial charge < -0.3 is 11.1 Å². The first kappa shape index (κ1) is 14.4. The maximum Gasteiger partial charge on any atom is 0.271 e. The van der Waals surface area contributed by atoms with Crippen molar-refractivity contribution in [2.24, 2.45) is 0 Å². The molecule has 0 saturated carbocycles. The van der Waals surface area contributed by atoms with Gasteiger partial charge in [-0.1, -0.05) is 0 Å². The number of nitro groups is 1. The van der Waals surface area contributed by atoms with Crippen molar-refractivity contribution in [1.82, 2.24) is 10.6 Å². The van der Waals surface area contributed by atoms with Crippen molar-refractivity contribution >= 4 is 29.1 Å². The molecular weight excluding hydrogens is 280 g/mol. The van der Waals surface area contributed by atoms with Gasteiger partial charge in [-0.2, -0.15) is 0 Å². The van der Waals surface area contributed by atoms with E-state index in [0.717, 1.165) is 12.1 Å². The number of anilines is 1. The van der Waals surface area contributed by atoms with Crippen LogP contribution in [-0.4, -0.2) is 28.7 Å². The molecule has 0 spiro atoms. The van der Waals surface area contributed by atoms with E-state index in [0.29, 0.717) is 0 Å². The van der Waals surface area contributed by atoms with Crippen molar-refractivity contribution in [2.45, 2.75) is 18.9 Å². The fourth-order valence-corrected chi connectivity index (χ4v) is 1.94. The summed E-state index contributed by atoms with van der Waals surface area (Å²) in [5.74, 6) is -1.60. The van der Waals surface area contributed by atoms with E-state index in [1.165, 1.54) is 6.07 Å². The highest BCUT2D eigenvalue weighted by Crippen LogP contribution is 2.20. The van der Waals surface area contributed by atoms with E-state index in [-0.39, 0.29) is 35.7 Å². The van der Waals surface area contributed by atoms with E-state index in [4.69, 9.17) is 5.73 Å². The normalized spacial score (nSPS) is 18.0. The molecule has 1 saturated heterocycles. The van der Waals surface area contributed by atoms with Crippen LogP contribution in [0.3, 0.4) is 0 Å². The maximum absolute atomic E-state index is 12.0. The molecule has 9 heteroatoms. The van der Waals surface area contributed by atoms with E-state index in [1.54, 1.807) is 0 Å². The second-order valence-corrected chi connectivity index (χ2v) is 4.51. The van der Waals surface area contributed by atoms with Gasteiger partial charge in [-0.3, -0.25) is 29.8 Å². The minimum Gasteiger partial charge on any atom is -0.398 e. The van der Waals surface area contributed by atoms with E-state index in [9.17, 15) is 24.5 Å². The summed E-state index contributed by atoms with van der Waals surface area (Å²) in [6.45, 7) is 0. The number of non-ortho nitro benzene ring substituents is 1. The number of piperidine rings is 1. The Bertz CT molecular complexity index is 643. The fourth-order valence-electron chi connectivity index (χ4n) is 1.94. The molecule has 1 heterocycles. The first-order valence-corrected chi connectivity index (χ1v) is 6.07. The van der Waals surface area contributed by atoms with Crippen LogP contribution in [0.4, 0.5) is 11.4 Å². The Hall–Kier alpha value is -2.97. The number of carbonyl (C=O) groups is 3. The zero-order valence-electron chi connectivity index (χ0n) is 10.8. The van der Waals surface area contributed by atoms with Crippen LogP contribution in [-0.2, 0) is 9.59 Å². The molecule has 1 aromatic carbocycles. The summed E-state index contributed by atoms with van der Waals surface area (Å²) in [5.41, 5.74) is 5.34. The molecule has 110 valence electrons. The molecule has 21 heavy (non-hydrogen) atoms. The third kappa shape index (κ3) is 3.14. The van der Waals surface area contributed by atoms with Crippen LogP contribution in [0.25, 0.3) is 0 Å². The Kier molecular flexibility index (Phi) is 3.83. The topological polar surface area (TPSA) is 144 Å². The van der Waals surface area contributed by atoms with Crippen molar-refractivity contribution in [1.29, 1.82) is 0 Å². The van der Waals surface area contributed by atoms with Crippen molar-refractivity contribution in [3.8, 4) is 0 Å². The van der Waals surface area contributed by atoms with Crippen LogP contribution in [0.5, 0.6) is 0 Å². The Morgan fingerprint density at radius 3 is 2.71 bits per heavy atom. The van der Waals surface area contributed by atoms with Gasteiger partial charge in [-0.15, -0.1) is 0 Å². The SMILES string of the molecule is Nc1cc([N+](=O)[O-])ccc1C(=O)NC1CCC(=O)NC1=O. The number of hydrogen-bond acceptors (Lipinski definition) is 6. The van der Waals surface area contributed by atoms with Crippen LogP contribution >= 0.6 is 0 Å². The van der Waals surface area contributed by atoms with Crippen molar-refractivity contribution < 1.29 is 19.3 Å². The van der Waals surface area contributed by atoms with Crippen LogP contribution in [0, 0.1) is 10.1 Å². The number of carbonyl (C=O) groups excluding carboxylic acids is 3. The minimum absolute atomic E-state index is 0.0327. The number of nitrogen functional groups attached to an aromatic ring is 1. The molecule has 0 radical (unpaired) electrons. The van der Waals surface area contributed by atoms with Crippen LogP contribution in [0.2, 0.25) is 0 Å². The van der Waals surface area contributed by atoms with Crippen LogP contribution in [0.15, 0.2) is 18.2 Å². The molecule has 1 aliphatic heterocycles. The average molecular weight is 292 g/mol. The Labute approximate surface area is 118 Å². The quantitative estimate of drug-likeness (QED) is 0.302. The van der Waals surface area contributed by atoms with Gasteiger partial charge in [0.15, 0.2) is 0 Å². The summed E-state index contributed by atoms with van der Waals surface area (Å²) in [6, 6.07) is 2.61. The summed E-state index contributed by atoms with van der Waals surface area (Å²) in [7, 11) is 0. The third-order valence-electron chi connectivity index (χ3n) is 3.04. The first-order chi connectivity index (χ1) is 9.88. The van der Waals surface area contributed by atoms with Gasteiger partial charge in [0.25, 0.3) is 11.6 Å². The first-order valence-electron chi connectivity index (χ1n) is 6.07. The van der Waals surface area contributed by atoms with Gasteiger partial charge in [-0.05, 0) is 12.5 Å². The number of imide groups is 1. The highest BCUT2D eigenvalue weighted by molar-refractivity contribution is 6.05. The molecule has 4 N–H and O–H groups in total. The lowest BCUT2D eigenvalue weighted by atomic mass is 10.0. The molecule has 1 aliphatic rings. The largest absolute Gasteiger partial charge is 0.398 e. The third-order valence-corrected chi connectivity index (χ3v) is 3.04. The summed E-state index contributed by atoms with van der Waals surface area (Å²) in [6.07, 6.45) is 0.329. The highest BCUT2D eigenvalue weighted by Gasteiger charge is 2.28. The molecule has 1 unspecified atom stereocenters. The lowest BCUT2D eigenvalue weighted by molar-refractivity contribution is -0.384. The van der Waals surface area contributed by atoms with E-state index < -0.39 is 22.8 Å². The second-order valence-electron chi connectivity index (χ2n) is 4.51. The number of nitrogens with one attached hydrogen (secondary N) is 2. The maximum atomic E-state index is 12.0. The van der Waals surface area contributed by atoms with Crippen molar-refractivity contribution in [3.05, 3.63) is 33.9 Å². The lowest BCUT2D eigenvalue weighted by Crippen LogP contribution is -2.52. The number of nitrogens with zero attached hydrogens (tertiary/aromatic N) is 1. The molecule has 1 fully saturated rings. The van der Waals surface area contributed by atoms with Gasteiger partial charge in [0, 0.05) is 18.6 Å². The van der Waals surface area contributed by atoms with Crippen LogP contribution < -0.4 is 16.4 Å². The standard InChI is InChI=1S/C12H12N4O5/c13-8-5-6(16(20)21)1-2-7(8)11(18)14-9-3-4-10(17)15-12(9)19/h1-2,5,9H,3-4,13H2,(H,14,18)(H,15,17,19). The van der Waals surface area contributed by atoms with Gasteiger partial charge >= 0.3 is 0 Å². The van der Waals surface area contributed by atoms with Crippen molar-refractivity contribution in [3.63, 3.8) is 0 Å². The Morgan fingerprint density at radius 1 is 1.43 bits per heavy atom. The van der Waals surface area contributed by atoms with Crippen molar-refractivity contribution in [2.75, 3.05) is 5.73 Å². The highest BCUT2D eigenvalue weighted by atomic mass is 16.6. The number of benzene rings is 1. The zero-order valence-corrected chi connectivity index (χ0v) is 10.8. The zero-order chi connectivity index (χ0) is 15.6. The molecular formula is C12H12N4O5. The predicted octanol–water partition coefficient (Wildman–Crippen LogP) is -0.288.